The topological polar surface area (TPSA) is 27.6 Å². The maximum Gasteiger partial charge on any atom is 0.0831 e. The average Bonchev–Trinajstić information content (AvgIpc) is 3.30. The maximum absolute atomic E-state index is 5.05. The van der Waals surface area contributed by atoms with Crippen LogP contribution < -0.4 is 10.3 Å². The van der Waals surface area contributed by atoms with Crippen molar-refractivity contribution in [3.05, 3.63) is 131 Å². The normalized spacial score (nSPS) is 15.5. The molecule has 0 bridgehead atoms. The molecule has 3 heteroatoms. The third-order valence-corrected chi connectivity index (χ3v) is 5.92. The summed E-state index contributed by atoms with van der Waals surface area (Å²) >= 11 is 0. The van der Waals surface area contributed by atoms with Crippen LogP contribution in [0.5, 0.6) is 0 Å². The van der Waals surface area contributed by atoms with Crippen LogP contribution in [0.25, 0.3) is 0 Å². The van der Waals surface area contributed by atoms with Gasteiger partial charge in [-0.05, 0) is 53.4 Å². The van der Waals surface area contributed by atoms with E-state index in [0.717, 1.165) is 30.1 Å². The molecule has 1 aliphatic rings. The van der Waals surface area contributed by atoms with Crippen molar-refractivity contribution in [1.29, 1.82) is 0 Å². The lowest BCUT2D eigenvalue weighted by Gasteiger charge is -2.24. The molecule has 0 amide bonds. The zero-order valence-corrected chi connectivity index (χ0v) is 18.3. The molecule has 32 heavy (non-hydrogen) atoms. The Morgan fingerprint density at radius 1 is 0.812 bits per heavy atom. The fourth-order valence-electron chi connectivity index (χ4n) is 4.21. The molecule has 0 fully saturated rings. The summed E-state index contributed by atoms with van der Waals surface area (Å²) in [5.41, 5.74) is 8.38. The minimum atomic E-state index is 0.197. The average molecular weight is 418 g/mol. The number of rotatable bonds is 6. The SMILES string of the molecule is Cc1cccc(NCc2ccc(N3N=C(c4ccccc4)C[C@H]3c3ccccc3)cc2)c1. The number of aryl methyl sites for hydroxylation is 1. The zero-order chi connectivity index (χ0) is 21.8. The van der Waals surface area contributed by atoms with E-state index in [-0.39, 0.29) is 6.04 Å². The summed E-state index contributed by atoms with van der Waals surface area (Å²) in [6, 6.07) is 38.6. The molecule has 158 valence electrons. The van der Waals surface area contributed by atoms with Gasteiger partial charge in [-0.1, -0.05) is 84.9 Å². The fourth-order valence-corrected chi connectivity index (χ4v) is 4.21. The molecule has 1 N–H and O–H groups in total. The Bertz CT molecular complexity index is 1200. The standard InChI is InChI=1S/C29H27N3/c1-22-9-8-14-26(19-22)30-21-23-15-17-27(18-16-23)32-29(25-12-6-3-7-13-25)20-28(31-32)24-10-4-2-5-11-24/h2-19,29-30H,20-21H2,1H3/t29-/m0/s1. The summed E-state index contributed by atoms with van der Waals surface area (Å²) in [4.78, 5) is 0. The van der Waals surface area contributed by atoms with E-state index in [1.165, 1.54) is 22.3 Å². The van der Waals surface area contributed by atoms with Gasteiger partial charge in [0.05, 0.1) is 17.4 Å². The van der Waals surface area contributed by atoms with E-state index in [1.807, 2.05) is 0 Å². The first kappa shape index (κ1) is 20.1. The smallest absolute Gasteiger partial charge is 0.0831 e. The lowest BCUT2D eigenvalue weighted by molar-refractivity contribution is 0.709. The van der Waals surface area contributed by atoms with Gasteiger partial charge in [-0.25, -0.2) is 0 Å². The van der Waals surface area contributed by atoms with Crippen LogP contribution in [0.15, 0.2) is 114 Å². The molecule has 0 saturated carbocycles. The molecule has 4 aromatic rings. The monoisotopic (exact) mass is 417 g/mol. The Balaban J connectivity index is 1.38. The second-order valence-corrected chi connectivity index (χ2v) is 8.28. The van der Waals surface area contributed by atoms with Crippen molar-refractivity contribution in [2.24, 2.45) is 5.10 Å². The Morgan fingerprint density at radius 3 is 2.25 bits per heavy atom. The minimum Gasteiger partial charge on any atom is -0.381 e. The van der Waals surface area contributed by atoms with Crippen LogP contribution in [0.4, 0.5) is 11.4 Å². The molecule has 4 aromatic carbocycles. The highest BCUT2D eigenvalue weighted by Gasteiger charge is 2.29. The van der Waals surface area contributed by atoms with Crippen LogP contribution in [0, 0.1) is 6.92 Å². The van der Waals surface area contributed by atoms with Gasteiger partial charge in [0, 0.05) is 18.7 Å². The van der Waals surface area contributed by atoms with Crippen molar-refractivity contribution in [1.82, 2.24) is 0 Å². The predicted octanol–water partition coefficient (Wildman–Crippen LogP) is 6.96. The molecular weight excluding hydrogens is 390 g/mol. The summed E-state index contributed by atoms with van der Waals surface area (Å²) in [7, 11) is 0. The van der Waals surface area contributed by atoms with Crippen LogP contribution in [-0.2, 0) is 6.54 Å². The minimum absolute atomic E-state index is 0.197. The van der Waals surface area contributed by atoms with Gasteiger partial charge in [0.25, 0.3) is 0 Å². The molecular formula is C29H27N3. The quantitative estimate of drug-likeness (QED) is 0.367. The van der Waals surface area contributed by atoms with Crippen LogP contribution >= 0.6 is 0 Å². The van der Waals surface area contributed by atoms with E-state index in [4.69, 9.17) is 5.10 Å². The lowest BCUT2D eigenvalue weighted by Crippen LogP contribution is -2.18. The van der Waals surface area contributed by atoms with Gasteiger partial charge in [0.15, 0.2) is 0 Å². The molecule has 1 atom stereocenters. The first-order valence-electron chi connectivity index (χ1n) is 11.1. The van der Waals surface area contributed by atoms with E-state index in [2.05, 4.69) is 126 Å². The zero-order valence-electron chi connectivity index (χ0n) is 18.3. The third kappa shape index (κ3) is 4.42. The first-order chi connectivity index (χ1) is 15.8. The fraction of sp³-hybridized carbons (Fsp3) is 0.138. The Hall–Kier alpha value is -3.85. The highest BCUT2D eigenvalue weighted by atomic mass is 15.5. The summed E-state index contributed by atoms with van der Waals surface area (Å²) in [5.74, 6) is 0. The van der Waals surface area contributed by atoms with Gasteiger partial charge in [-0.15, -0.1) is 0 Å². The number of nitrogens with one attached hydrogen (secondary N) is 1. The van der Waals surface area contributed by atoms with Crippen molar-refractivity contribution < 1.29 is 0 Å². The van der Waals surface area contributed by atoms with E-state index >= 15 is 0 Å². The Morgan fingerprint density at radius 2 is 1.53 bits per heavy atom. The molecule has 3 nitrogen and oxygen atoms in total. The number of nitrogens with zero attached hydrogens (tertiary/aromatic N) is 2. The van der Waals surface area contributed by atoms with Crippen LogP contribution in [0.2, 0.25) is 0 Å². The highest BCUT2D eigenvalue weighted by molar-refractivity contribution is 6.03. The van der Waals surface area contributed by atoms with Gasteiger partial charge in [-0.2, -0.15) is 5.10 Å². The highest BCUT2D eigenvalue weighted by Crippen LogP contribution is 2.36. The molecule has 0 spiro atoms. The molecule has 1 aliphatic heterocycles. The number of hydrogen-bond donors (Lipinski definition) is 1. The van der Waals surface area contributed by atoms with Gasteiger partial charge in [0.1, 0.15) is 0 Å². The van der Waals surface area contributed by atoms with E-state index in [0.29, 0.717) is 0 Å². The molecule has 0 aromatic heterocycles. The van der Waals surface area contributed by atoms with Gasteiger partial charge in [-0.3, -0.25) is 5.01 Å². The number of hydrogen-bond acceptors (Lipinski definition) is 3. The number of benzene rings is 4. The number of anilines is 2. The largest absolute Gasteiger partial charge is 0.381 e. The van der Waals surface area contributed by atoms with Crippen molar-refractivity contribution in [2.75, 3.05) is 10.3 Å². The Labute approximate surface area is 190 Å². The summed E-state index contributed by atoms with van der Waals surface area (Å²) in [6.45, 7) is 2.91. The first-order valence-corrected chi connectivity index (χ1v) is 11.1. The second kappa shape index (κ2) is 9.11. The molecule has 0 unspecified atom stereocenters. The van der Waals surface area contributed by atoms with Gasteiger partial charge in [0.2, 0.25) is 0 Å². The van der Waals surface area contributed by atoms with E-state index in [1.54, 1.807) is 0 Å². The number of hydrazone groups is 1. The van der Waals surface area contributed by atoms with Crippen LogP contribution in [0.3, 0.4) is 0 Å². The predicted molar refractivity (Wildman–Crippen MR) is 134 cm³/mol. The van der Waals surface area contributed by atoms with Crippen molar-refractivity contribution in [3.8, 4) is 0 Å². The van der Waals surface area contributed by atoms with Gasteiger partial charge < -0.3 is 5.32 Å². The molecule has 0 saturated heterocycles. The van der Waals surface area contributed by atoms with Crippen LogP contribution in [0.1, 0.15) is 34.7 Å². The summed E-state index contributed by atoms with van der Waals surface area (Å²) < 4.78 is 0. The summed E-state index contributed by atoms with van der Waals surface area (Å²) in [6.07, 6.45) is 0.894. The van der Waals surface area contributed by atoms with Crippen molar-refractivity contribution >= 4 is 17.1 Å². The second-order valence-electron chi connectivity index (χ2n) is 8.28. The van der Waals surface area contributed by atoms with E-state index in [9.17, 15) is 0 Å². The van der Waals surface area contributed by atoms with Crippen molar-refractivity contribution in [3.63, 3.8) is 0 Å². The van der Waals surface area contributed by atoms with Crippen molar-refractivity contribution in [2.45, 2.75) is 25.9 Å². The lowest BCUT2D eigenvalue weighted by atomic mass is 9.98. The summed E-state index contributed by atoms with van der Waals surface area (Å²) in [5, 5.41) is 10.7. The maximum atomic E-state index is 5.05. The molecule has 0 aliphatic carbocycles. The molecule has 5 rings (SSSR count). The molecule has 0 radical (unpaired) electrons. The van der Waals surface area contributed by atoms with E-state index < -0.39 is 0 Å². The Kier molecular flexibility index (Phi) is 5.71. The third-order valence-electron chi connectivity index (χ3n) is 5.92. The molecule has 1 heterocycles. The van der Waals surface area contributed by atoms with Gasteiger partial charge >= 0.3 is 0 Å². The van der Waals surface area contributed by atoms with Crippen LogP contribution in [-0.4, -0.2) is 5.71 Å².